The molecule has 1 saturated carbocycles. The Balaban J connectivity index is 0.000000158. The van der Waals surface area contributed by atoms with Crippen molar-refractivity contribution in [3.8, 4) is 52.9 Å². The first-order chi connectivity index (χ1) is 71.5. The lowest BCUT2D eigenvalue weighted by Crippen LogP contribution is -2.50. The van der Waals surface area contributed by atoms with E-state index in [2.05, 4.69) is 116 Å². The summed E-state index contributed by atoms with van der Waals surface area (Å²) < 4.78 is 11.0. The highest BCUT2D eigenvalue weighted by atomic mass is 32.1. The predicted octanol–water partition coefficient (Wildman–Crippen LogP) is 24.2. The first-order valence-electron chi connectivity index (χ1n) is 52.1. The summed E-state index contributed by atoms with van der Waals surface area (Å²) in [6.45, 7) is 30.5. The Kier molecular flexibility index (Phi) is 37.1. The lowest BCUT2D eigenvalue weighted by Gasteiger charge is -2.38. The molecule has 7 atom stereocenters. The summed E-state index contributed by atoms with van der Waals surface area (Å²) in [5.41, 5.74) is 17.3. The van der Waals surface area contributed by atoms with Crippen molar-refractivity contribution in [2.24, 2.45) is 41.4 Å². The van der Waals surface area contributed by atoms with Crippen molar-refractivity contribution in [1.29, 1.82) is 0 Å². The van der Waals surface area contributed by atoms with Crippen molar-refractivity contribution in [3.05, 3.63) is 159 Å². The molecule has 27 nitrogen and oxygen atoms in total. The van der Waals surface area contributed by atoms with E-state index in [1.54, 1.807) is 141 Å². The molecule has 2 saturated heterocycles. The molecule has 0 aromatic carbocycles. The van der Waals surface area contributed by atoms with Gasteiger partial charge in [-0.25, -0.2) is 24.9 Å². The van der Waals surface area contributed by atoms with Gasteiger partial charge in [0.05, 0.1) is 60.4 Å². The maximum absolute atomic E-state index is 13.0. The zero-order valence-electron chi connectivity index (χ0n) is 85.1. The average molecular weight is 2190 g/mol. The summed E-state index contributed by atoms with van der Waals surface area (Å²) in [6.07, 6.45) is 37.3. The Morgan fingerprint density at radius 3 is 1.28 bits per heavy atom. The molecule has 15 aromatic rings. The first kappa shape index (κ1) is 109. The average Bonchev–Trinajstić information content (AvgIpc) is 1.59. The molecule has 37 heteroatoms. The quantitative estimate of drug-likeness (QED) is 0.0186. The molecule has 2 amide bonds. The number of hydrogen-bond acceptors (Lipinski definition) is 34. The van der Waals surface area contributed by atoms with Gasteiger partial charge in [0, 0.05) is 228 Å². The molecular formula is C111H145N19O8S10. The fourth-order valence-electron chi connectivity index (χ4n) is 21.9. The van der Waals surface area contributed by atoms with Crippen LogP contribution < -0.4 is 37.2 Å². The van der Waals surface area contributed by atoms with E-state index in [9.17, 15) is 28.8 Å². The van der Waals surface area contributed by atoms with Gasteiger partial charge in [-0.2, -0.15) is 0 Å². The highest BCUT2D eigenvalue weighted by Gasteiger charge is 2.40. The number of carbonyl (C=O) groups is 6. The Labute approximate surface area is 913 Å². The van der Waals surface area contributed by atoms with E-state index in [-0.39, 0.29) is 32.3 Å². The van der Waals surface area contributed by atoms with Crippen LogP contribution in [0.2, 0.25) is 0 Å². The second-order valence-corrected chi connectivity index (χ2v) is 51.3. The molecule has 148 heavy (non-hydrogen) atoms. The van der Waals surface area contributed by atoms with E-state index in [0.717, 1.165) is 245 Å². The number of aliphatic carboxylic acids is 1. The highest BCUT2D eigenvalue weighted by Crippen LogP contribution is 2.53. The van der Waals surface area contributed by atoms with Crippen LogP contribution in [-0.2, 0) is 111 Å². The Morgan fingerprint density at radius 1 is 0.493 bits per heavy atom. The number of aromatic nitrogens is 10. The summed E-state index contributed by atoms with van der Waals surface area (Å²) in [5, 5.41) is 39.3. The van der Waals surface area contributed by atoms with Gasteiger partial charge >= 0.3 is 5.97 Å². The number of nitrogens with one attached hydrogen (secondary N) is 7. The molecule has 23 rings (SSSR count). The van der Waals surface area contributed by atoms with Crippen LogP contribution in [0, 0.1) is 41.4 Å². The molecule has 0 spiro atoms. The van der Waals surface area contributed by atoms with E-state index in [1.165, 1.54) is 122 Å². The monoisotopic (exact) mass is 2190 g/mol. The van der Waals surface area contributed by atoms with Crippen LogP contribution in [0.4, 0.5) is 10.0 Å². The number of nitrogens with zero attached hydrogens (tertiary/aromatic N) is 12. The maximum Gasteiger partial charge on any atom is 0.309 e. The number of rotatable bonds is 34. The molecule has 15 aromatic heterocycles. The molecule has 2 unspecified atom stereocenters. The highest BCUT2D eigenvalue weighted by molar-refractivity contribution is 7.25. The van der Waals surface area contributed by atoms with E-state index < -0.39 is 5.97 Å². The minimum atomic E-state index is -0.760. The zero-order chi connectivity index (χ0) is 102. The van der Waals surface area contributed by atoms with E-state index in [4.69, 9.17) is 34.8 Å². The van der Waals surface area contributed by atoms with Gasteiger partial charge in [-0.1, -0.05) is 61.3 Å². The van der Waals surface area contributed by atoms with Crippen LogP contribution in [0.1, 0.15) is 226 Å². The number of likely N-dealkylation sites (N-methyl/N-ethyl adjacent to an activating group) is 1. The van der Waals surface area contributed by atoms with Gasteiger partial charge in [0.15, 0.2) is 0 Å². The van der Waals surface area contributed by atoms with Crippen LogP contribution in [0.5, 0.6) is 0 Å². The summed E-state index contributed by atoms with van der Waals surface area (Å²) in [7, 11) is 1.76. The number of hydrogen-bond donors (Lipinski definition) is 8. The number of ether oxygens (including phenoxy) is 1. The number of Topliss-reactive ketones (excluding diaryl/α,β-unsaturated/α-hetero) is 3. The van der Waals surface area contributed by atoms with E-state index >= 15 is 0 Å². The number of amides is 2. The summed E-state index contributed by atoms with van der Waals surface area (Å²) in [5.74, 6) is 4.36. The van der Waals surface area contributed by atoms with Gasteiger partial charge in [0.1, 0.15) is 80.0 Å². The van der Waals surface area contributed by atoms with Crippen molar-refractivity contribution in [2.45, 2.75) is 236 Å². The molecule has 7 aliphatic heterocycles. The van der Waals surface area contributed by atoms with Gasteiger partial charge in [-0.05, 0) is 224 Å². The molecule has 792 valence electrons. The smallest absolute Gasteiger partial charge is 0.309 e. The largest absolute Gasteiger partial charge is 0.481 e. The standard InChI is InChI=1S/C25H30N4OS2.C24H31N3O2S2.C22H27N3OS2.C20H21N5O3S2.C19H22N4OS2.CH4.5H2/c30-18(3-1-2-15-8-16-11-28-12-17(16)9-15)10-22-24(19-4-6-27-14-23(19)31-22)25-29-20-13-26-7-5-21(20)32-25;1-15(2)16(14-29-3)5-4-6-17(28)11-21-23(18-7-9-26-13-22(18)30-21)24-27-19-12-25-10-8-20(19)31-24;1-3-14(2)5-4-6-15(26)11-19-21(16-7-9-24-13-20(16)27-19)22-25-17-12-23-10-8-18(17)28-22;26-16(3-6-25-9-11(10-25)20(27)28)24-19-17(12-1-4-22-8-15(12)30-19)18-23-13-7-21-5-2-14(13)29-18;1-5-23-10(2)8-13-16(18(21-12(4)24)26-17(13)11(23)3)19-22-14-9-20-7-6-15(14)25-19;;;;;;/h5,7,13,15-17,27-28H,1-4,6,8-12,14H2;8,10,12,15-16,26H,4-7,9,11,13-14H2,1-3H3;8,10,12,14,24H,3-7,9,11,13H2,1-2H3;2,5,7,11,22H,1,3-4,6,8-10H2,(H,24,26)(H,27,28);6-7,9-11H,5,8H2,1-4H3,(H,21,24);1H4;5*1H/t15?,16-,17+;;14-;;10-,11-;;;;;;/m..0.1....../s1. The lowest BCUT2D eigenvalue weighted by molar-refractivity contribution is -0.147. The van der Waals surface area contributed by atoms with Crippen molar-refractivity contribution < 1.29 is 45.7 Å². The maximum atomic E-state index is 13.0. The second kappa shape index (κ2) is 50.6. The van der Waals surface area contributed by atoms with Crippen LogP contribution in [-0.4, -0.2) is 185 Å². The molecule has 22 heterocycles. The normalized spacial score (nSPS) is 18.3. The second-order valence-electron chi connectivity index (χ2n) is 40.4. The van der Waals surface area contributed by atoms with Crippen molar-refractivity contribution in [1.82, 2.24) is 86.2 Å². The minimum Gasteiger partial charge on any atom is -0.481 e. The van der Waals surface area contributed by atoms with Crippen molar-refractivity contribution >= 4 is 210 Å². The zero-order valence-corrected chi connectivity index (χ0v) is 93.2. The fourth-order valence-corrected chi connectivity index (χ4v) is 34.0. The molecular weight excluding hydrogens is 2050 g/mol. The third-order valence-electron chi connectivity index (χ3n) is 29.9. The molecule has 8 aliphatic rings. The number of methoxy groups -OCH3 is 1. The Hall–Kier alpha value is -9.20. The number of likely N-dealkylation sites (tertiary alicyclic amines) is 1. The number of carboxylic acids is 1. The summed E-state index contributed by atoms with van der Waals surface area (Å²) in [4.78, 5) is 134. The number of ketones is 3. The van der Waals surface area contributed by atoms with Crippen LogP contribution in [0.15, 0.2) is 92.3 Å². The first-order valence-corrected chi connectivity index (χ1v) is 60.3. The molecule has 0 radical (unpaired) electrons. The SMILES string of the molecule is C.CCN1[C@H](C)Cc2c(sc(NC(C)=O)c2-c2nc3cnccc3s2)[C@H]1C.CC[C@H](C)CCCC(=O)Cc1sc2c(c1-c1nc3cnccc3s1)CCNC2.COCC(CCCC(=O)Cc1sc2c(c1-c1nc3cnccc3s1)CCNC2)C(C)C.O=C(CCCC1C[C@H]2CNC[C@H]2C1)Cc1sc2c(c1-c1nc3cnccc3s1)CCNC2.O=C(CCN1CC(C(=O)O)C1)Nc1sc2c(c1-c1nc3cnccc3s1)CCNC2.[HH].[HH].[HH].[HH].[HH]. The van der Waals surface area contributed by atoms with Gasteiger partial charge in [0.25, 0.3) is 0 Å². The fraction of sp³-hybridized carbons (Fsp3) is 0.495. The number of thiazole rings is 5. The number of anilines is 2. The third-order valence-corrected chi connectivity index (χ3v) is 41.3. The Morgan fingerprint density at radius 2 is 0.885 bits per heavy atom. The summed E-state index contributed by atoms with van der Waals surface area (Å²) in [6, 6.07) is 10.9. The minimum absolute atomic E-state index is 0. The van der Waals surface area contributed by atoms with Crippen molar-refractivity contribution in [3.63, 3.8) is 0 Å². The van der Waals surface area contributed by atoms with Crippen LogP contribution in [0.25, 0.3) is 104 Å². The lowest BCUT2D eigenvalue weighted by atomic mass is 9.90. The van der Waals surface area contributed by atoms with E-state index in [1.807, 2.05) is 83.7 Å². The number of thiophene rings is 5. The number of carbonyl (C=O) groups excluding carboxylic acids is 5. The number of pyridine rings is 5. The van der Waals surface area contributed by atoms with Gasteiger partial charge < -0.3 is 52.0 Å². The topological polar surface area (TPSA) is 351 Å². The van der Waals surface area contributed by atoms with Gasteiger partial charge in [-0.15, -0.1) is 113 Å². The molecule has 0 bridgehead atoms. The van der Waals surface area contributed by atoms with Crippen molar-refractivity contribution in [2.75, 3.05) is 89.8 Å². The van der Waals surface area contributed by atoms with Gasteiger partial charge in [0.2, 0.25) is 11.8 Å². The number of carboxylic acid groups (broad SMARTS) is 1. The van der Waals surface area contributed by atoms with Gasteiger partial charge in [-0.3, -0.25) is 58.6 Å². The van der Waals surface area contributed by atoms with E-state index in [0.29, 0.717) is 112 Å². The molecule has 8 N–H and O–H groups in total. The molecule has 3 fully saturated rings. The summed E-state index contributed by atoms with van der Waals surface area (Å²) >= 11 is 17.2. The number of fused-ring (bicyclic) bond motifs is 11. The molecule has 1 aliphatic carbocycles. The van der Waals surface area contributed by atoms with Crippen LogP contribution in [0.3, 0.4) is 0 Å². The predicted molar refractivity (Wildman–Crippen MR) is 622 cm³/mol. The Bertz CT molecular complexity index is 7050. The third kappa shape index (κ3) is 25.6. The van der Waals surface area contributed by atoms with Crippen LogP contribution >= 0.6 is 113 Å².